The van der Waals surface area contributed by atoms with E-state index in [-0.39, 0.29) is 18.1 Å². The van der Waals surface area contributed by atoms with Crippen LogP contribution in [0, 0.1) is 3.57 Å². The molecule has 1 heterocycles. The third-order valence-electron chi connectivity index (χ3n) is 2.93. The number of hydrogen-bond donors (Lipinski definition) is 0. The van der Waals surface area contributed by atoms with Gasteiger partial charge in [-0.3, -0.25) is 4.79 Å². The molecule has 1 saturated heterocycles. The molecule has 1 aromatic carbocycles. The van der Waals surface area contributed by atoms with E-state index in [0.717, 1.165) is 3.57 Å². The van der Waals surface area contributed by atoms with Crippen LogP contribution in [0.15, 0.2) is 12.1 Å². The van der Waals surface area contributed by atoms with E-state index in [9.17, 15) is 4.79 Å². The highest BCUT2D eigenvalue weighted by Crippen LogP contribution is 2.28. The minimum atomic E-state index is -0.0456. The van der Waals surface area contributed by atoms with Crippen LogP contribution in [0.2, 0.25) is 10.0 Å². The summed E-state index contributed by atoms with van der Waals surface area (Å²) in [7, 11) is 0. The van der Waals surface area contributed by atoms with E-state index >= 15 is 0 Å². The van der Waals surface area contributed by atoms with Crippen molar-refractivity contribution in [2.75, 3.05) is 13.1 Å². The van der Waals surface area contributed by atoms with Gasteiger partial charge in [0, 0.05) is 21.7 Å². The van der Waals surface area contributed by atoms with Crippen molar-refractivity contribution >= 4 is 51.7 Å². The molecular weight excluding hydrogens is 400 g/mol. The summed E-state index contributed by atoms with van der Waals surface area (Å²) in [6, 6.07) is 3.31. The molecule has 0 spiro atoms. The first-order chi connectivity index (χ1) is 8.88. The molecule has 1 amide bonds. The molecule has 0 unspecified atom stereocenters. The van der Waals surface area contributed by atoms with Gasteiger partial charge >= 0.3 is 0 Å². The zero-order chi connectivity index (χ0) is 14.2. The number of rotatable bonds is 1. The van der Waals surface area contributed by atoms with Crippen molar-refractivity contribution in [1.82, 2.24) is 4.90 Å². The summed E-state index contributed by atoms with van der Waals surface area (Å²) in [6.45, 7) is 5.10. The number of hydrogen-bond acceptors (Lipinski definition) is 2. The van der Waals surface area contributed by atoms with Crippen molar-refractivity contribution in [3.63, 3.8) is 0 Å². The summed E-state index contributed by atoms with van der Waals surface area (Å²) in [5.41, 5.74) is 0.555. The van der Waals surface area contributed by atoms with Gasteiger partial charge in [0.25, 0.3) is 5.91 Å². The maximum absolute atomic E-state index is 12.6. The zero-order valence-corrected chi connectivity index (χ0v) is 14.3. The summed E-state index contributed by atoms with van der Waals surface area (Å²) >= 11 is 14.1. The second-order valence-electron chi connectivity index (χ2n) is 4.72. The van der Waals surface area contributed by atoms with Gasteiger partial charge in [-0.1, -0.05) is 23.2 Å². The van der Waals surface area contributed by atoms with E-state index in [2.05, 4.69) is 22.6 Å². The first-order valence-corrected chi connectivity index (χ1v) is 7.81. The number of amides is 1. The topological polar surface area (TPSA) is 29.5 Å². The normalized spacial score (nSPS) is 23.5. The summed E-state index contributed by atoms with van der Waals surface area (Å²) in [5, 5.41) is 0.980. The maximum Gasteiger partial charge on any atom is 0.255 e. The first-order valence-electron chi connectivity index (χ1n) is 5.97. The third-order valence-corrected chi connectivity index (χ3v) is 4.93. The summed E-state index contributed by atoms with van der Waals surface area (Å²) in [5.74, 6) is -0.0456. The van der Waals surface area contributed by atoms with Crippen LogP contribution in [0.1, 0.15) is 24.2 Å². The molecule has 0 bridgehead atoms. The van der Waals surface area contributed by atoms with Crippen molar-refractivity contribution in [1.29, 1.82) is 0 Å². The smallest absolute Gasteiger partial charge is 0.255 e. The Morgan fingerprint density at radius 3 is 2.47 bits per heavy atom. The van der Waals surface area contributed by atoms with E-state index in [4.69, 9.17) is 27.9 Å². The van der Waals surface area contributed by atoms with Crippen molar-refractivity contribution < 1.29 is 9.53 Å². The standard InChI is InChI=1S/C13H14Cl2INO2/c1-7-5-17(6-8(2)19-7)13(18)10-3-9(14)4-11(15)12(10)16/h3-4,7-8H,5-6H2,1-2H3/t7-,8+. The van der Waals surface area contributed by atoms with Crippen LogP contribution in [-0.2, 0) is 4.74 Å². The van der Waals surface area contributed by atoms with Crippen LogP contribution in [0.25, 0.3) is 0 Å². The number of benzene rings is 1. The molecule has 3 nitrogen and oxygen atoms in total. The van der Waals surface area contributed by atoms with Crippen molar-refractivity contribution in [3.05, 3.63) is 31.3 Å². The van der Waals surface area contributed by atoms with Gasteiger partial charge in [-0.2, -0.15) is 0 Å². The predicted octanol–water partition coefficient (Wildman–Crippen LogP) is 3.85. The molecule has 0 radical (unpaired) electrons. The van der Waals surface area contributed by atoms with Crippen LogP contribution < -0.4 is 0 Å². The molecule has 0 N–H and O–H groups in total. The molecule has 2 rings (SSSR count). The average Bonchev–Trinajstić information content (AvgIpc) is 2.31. The molecule has 1 aliphatic heterocycles. The summed E-state index contributed by atoms with van der Waals surface area (Å²) in [4.78, 5) is 14.4. The van der Waals surface area contributed by atoms with Gasteiger partial charge in [0.05, 0.1) is 22.8 Å². The Labute approximate surface area is 136 Å². The molecule has 1 aromatic rings. The summed E-state index contributed by atoms with van der Waals surface area (Å²) in [6.07, 6.45) is 0.0834. The molecule has 0 aromatic heterocycles. The molecule has 104 valence electrons. The minimum absolute atomic E-state index is 0.0417. The Bertz CT molecular complexity index is 500. The molecule has 1 fully saturated rings. The van der Waals surface area contributed by atoms with Crippen LogP contribution in [0.3, 0.4) is 0 Å². The highest BCUT2D eigenvalue weighted by Gasteiger charge is 2.28. The number of carbonyl (C=O) groups excluding carboxylic acids is 1. The van der Waals surface area contributed by atoms with Gasteiger partial charge in [0.1, 0.15) is 0 Å². The van der Waals surface area contributed by atoms with Crippen LogP contribution in [0.5, 0.6) is 0 Å². The number of ether oxygens (including phenoxy) is 1. The molecule has 1 aliphatic rings. The number of carbonyl (C=O) groups is 1. The lowest BCUT2D eigenvalue weighted by atomic mass is 10.1. The van der Waals surface area contributed by atoms with Crippen molar-refractivity contribution in [2.24, 2.45) is 0 Å². The molecule has 6 heteroatoms. The van der Waals surface area contributed by atoms with Gasteiger partial charge in [-0.05, 0) is 48.6 Å². The Morgan fingerprint density at radius 1 is 1.32 bits per heavy atom. The number of halogens is 3. The van der Waals surface area contributed by atoms with E-state index in [1.807, 2.05) is 13.8 Å². The summed E-state index contributed by atoms with van der Waals surface area (Å²) < 4.78 is 6.37. The van der Waals surface area contributed by atoms with Crippen LogP contribution in [-0.4, -0.2) is 36.1 Å². The highest BCUT2D eigenvalue weighted by atomic mass is 127. The molecule has 0 aliphatic carbocycles. The van der Waals surface area contributed by atoms with E-state index in [1.165, 1.54) is 0 Å². The Hall–Kier alpha value is -0.0400. The zero-order valence-electron chi connectivity index (χ0n) is 10.6. The Kier molecular flexibility index (Phi) is 4.98. The predicted molar refractivity (Wildman–Crippen MR) is 85.1 cm³/mol. The lowest BCUT2D eigenvalue weighted by Gasteiger charge is -2.35. The van der Waals surface area contributed by atoms with Gasteiger partial charge in [0.15, 0.2) is 0 Å². The van der Waals surface area contributed by atoms with Gasteiger partial charge < -0.3 is 9.64 Å². The molecule has 19 heavy (non-hydrogen) atoms. The van der Waals surface area contributed by atoms with Gasteiger partial charge in [-0.25, -0.2) is 0 Å². The van der Waals surface area contributed by atoms with Crippen molar-refractivity contribution in [2.45, 2.75) is 26.1 Å². The number of nitrogens with zero attached hydrogens (tertiary/aromatic N) is 1. The van der Waals surface area contributed by atoms with Gasteiger partial charge in [0.2, 0.25) is 0 Å². The van der Waals surface area contributed by atoms with E-state index < -0.39 is 0 Å². The Balaban J connectivity index is 2.29. The third kappa shape index (κ3) is 3.54. The lowest BCUT2D eigenvalue weighted by molar-refractivity contribution is -0.0586. The van der Waals surface area contributed by atoms with E-state index in [0.29, 0.717) is 28.7 Å². The van der Waals surface area contributed by atoms with E-state index in [1.54, 1.807) is 17.0 Å². The lowest BCUT2D eigenvalue weighted by Crippen LogP contribution is -2.48. The fraction of sp³-hybridized carbons (Fsp3) is 0.462. The van der Waals surface area contributed by atoms with Crippen LogP contribution in [0.4, 0.5) is 0 Å². The monoisotopic (exact) mass is 413 g/mol. The molecule has 2 atom stereocenters. The van der Waals surface area contributed by atoms with Crippen molar-refractivity contribution in [3.8, 4) is 0 Å². The maximum atomic E-state index is 12.6. The first kappa shape index (κ1) is 15.4. The molecular formula is C13H14Cl2INO2. The minimum Gasteiger partial charge on any atom is -0.372 e. The fourth-order valence-electron chi connectivity index (χ4n) is 2.23. The quantitative estimate of drug-likeness (QED) is 0.517. The fourth-order valence-corrected chi connectivity index (χ4v) is 3.26. The molecule has 0 saturated carbocycles. The Morgan fingerprint density at radius 2 is 1.89 bits per heavy atom. The number of morpholine rings is 1. The second kappa shape index (κ2) is 6.16. The average molecular weight is 414 g/mol. The highest BCUT2D eigenvalue weighted by molar-refractivity contribution is 14.1. The SMILES string of the molecule is C[C@@H]1CN(C(=O)c2cc(Cl)cc(Cl)c2I)C[C@H](C)O1. The van der Waals surface area contributed by atoms with Crippen LogP contribution >= 0.6 is 45.8 Å². The van der Waals surface area contributed by atoms with Gasteiger partial charge in [-0.15, -0.1) is 0 Å². The second-order valence-corrected chi connectivity index (χ2v) is 6.64. The largest absolute Gasteiger partial charge is 0.372 e.